The van der Waals surface area contributed by atoms with Crippen LogP contribution < -0.4 is 10.3 Å². The van der Waals surface area contributed by atoms with Gasteiger partial charge in [-0.3, -0.25) is 9.69 Å². The van der Waals surface area contributed by atoms with Crippen LogP contribution in [0.1, 0.15) is 22.4 Å². The normalized spacial score (nSPS) is 16.1. The highest BCUT2D eigenvalue weighted by Gasteiger charge is 2.30. The van der Waals surface area contributed by atoms with Gasteiger partial charge in [-0.25, -0.2) is 9.37 Å². The smallest absolute Gasteiger partial charge is 0.416 e. The molecule has 3 aromatic rings. The monoisotopic (exact) mass is 491 g/mol. The second-order valence-electron chi connectivity index (χ2n) is 8.22. The number of aromatic amines is 1. The summed E-state index contributed by atoms with van der Waals surface area (Å²) in [5, 5.41) is 0.441. The molecule has 1 aromatic heterocycles. The number of halogens is 5. The summed E-state index contributed by atoms with van der Waals surface area (Å²) in [4.78, 5) is 22.0. The summed E-state index contributed by atoms with van der Waals surface area (Å²) in [7, 11) is 0. The van der Waals surface area contributed by atoms with Crippen molar-refractivity contribution in [3.63, 3.8) is 0 Å². The number of benzene rings is 2. The van der Waals surface area contributed by atoms with E-state index in [-0.39, 0.29) is 18.0 Å². The number of rotatable bonds is 3. The van der Waals surface area contributed by atoms with Gasteiger partial charge >= 0.3 is 6.18 Å². The van der Waals surface area contributed by atoms with Gasteiger partial charge in [0, 0.05) is 42.8 Å². The third-order valence-electron chi connectivity index (χ3n) is 5.94. The van der Waals surface area contributed by atoms with Gasteiger partial charge in [0.2, 0.25) is 0 Å². The second kappa shape index (κ2) is 8.56. The molecule has 0 spiro atoms. The Morgan fingerprint density at radius 2 is 1.91 bits per heavy atom. The molecule has 5 rings (SSSR count). The van der Waals surface area contributed by atoms with Crippen LogP contribution in [0.4, 0.5) is 17.6 Å². The van der Waals surface area contributed by atoms with Crippen LogP contribution in [0.2, 0.25) is 0 Å². The Hall–Kier alpha value is -3.17. The highest BCUT2D eigenvalue weighted by molar-refractivity contribution is 6.49. The van der Waals surface area contributed by atoms with E-state index in [1.807, 2.05) is 4.90 Å². The molecule has 0 unspecified atom stereocenters. The number of ether oxygens (including phenoxy) is 1. The van der Waals surface area contributed by atoms with Gasteiger partial charge in [-0.1, -0.05) is 23.7 Å². The van der Waals surface area contributed by atoms with Gasteiger partial charge in [-0.2, -0.15) is 13.2 Å². The Kier molecular flexibility index (Phi) is 5.69. The van der Waals surface area contributed by atoms with Crippen LogP contribution in [0.5, 0.6) is 5.75 Å². The van der Waals surface area contributed by atoms with E-state index in [9.17, 15) is 22.4 Å². The molecule has 176 valence electrons. The summed E-state index contributed by atoms with van der Waals surface area (Å²) in [6, 6.07) is 8.70. The molecule has 0 saturated heterocycles. The number of hydrogen-bond acceptors (Lipinski definition) is 4. The van der Waals surface area contributed by atoms with Crippen molar-refractivity contribution in [2.75, 3.05) is 19.7 Å². The number of nitrogens with one attached hydrogen (secondary N) is 1. The van der Waals surface area contributed by atoms with Crippen molar-refractivity contribution in [2.24, 2.45) is 0 Å². The topological polar surface area (TPSA) is 58.2 Å². The summed E-state index contributed by atoms with van der Waals surface area (Å²) in [6.45, 7) is 1.63. The molecule has 0 aliphatic carbocycles. The SMILES string of the molecule is O=c1[nH]c(-c2ccc(C(F)(F)F)cc2)nc2c1CN(CC1=C(Cl)c3cc(F)ccc3OC1)CC2. The van der Waals surface area contributed by atoms with Gasteiger partial charge < -0.3 is 9.72 Å². The van der Waals surface area contributed by atoms with Crippen LogP contribution >= 0.6 is 11.6 Å². The molecule has 2 aliphatic heterocycles. The maximum absolute atomic E-state index is 13.6. The predicted molar refractivity (Wildman–Crippen MR) is 119 cm³/mol. The van der Waals surface area contributed by atoms with E-state index in [1.54, 1.807) is 6.07 Å². The first-order valence-electron chi connectivity index (χ1n) is 10.5. The number of nitrogens with zero attached hydrogens (tertiary/aromatic N) is 2. The van der Waals surface area contributed by atoms with Gasteiger partial charge in [-0.15, -0.1) is 0 Å². The van der Waals surface area contributed by atoms with Crippen molar-refractivity contribution in [2.45, 2.75) is 19.1 Å². The summed E-state index contributed by atoms with van der Waals surface area (Å²) >= 11 is 6.52. The largest absolute Gasteiger partial charge is 0.488 e. The van der Waals surface area contributed by atoms with E-state index in [4.69, 9.17) is 16.3 Å². The summed E-state index contributed by atoms with van der Waals surface area (Å²) in [5.74, 6) is 0.349. The van der Waals surface area contributed by atoms with Crippen molar-refractivity contribution in [3.05, 3.63) is 86.6 Å². The first-order chi connectivity index (χ1) is 16.2. The number of fused-ring (bicyclic) bond motifs is 2. The second-order valence-corrected chi connectivity index (χ2v) is 8.60. The van der Waals surface area contributed by atoms with Crippen molar-refractivity contribution in [1.29, 1.82) is 0 Å². The molecule has 0 bridgehead atoms. The maximum atomic E-state index is 13.6. The summed E-state index contributed by atoms with van der Waals surface area (Å²) < 4.78 is 57.8. The van der Waals surface area contributed by atoms with Gasteiger partial charge in [0.15, 0.2) is 0 Å². The standard InChI is InChI=1S/C24H18ClF4N3O2/c25-21-14(12-34-20-6-5-16(26)9-17(20)21)10-32-8-7-19-18(11-32)23(33)31-22(30-19)13-1-3-15(4-2-13)24(27,28)29/h1-6,9H,7-8,10-12H2,(H,30,31,33). The van der Waals surface area contributed by atoms with Gasteiger partial charge in [0.25, 0.3) is 5.56 Å². The molecule has 0 radical (unpaired) electrons. The molecule has 0 amide bonds. The Bertz CT molecular complexity index is 1350. The number of alkyl halides is 3. The van der Waals surface area contributed by atoms with Crippen molar-refractivity contribution in [3.8, 4) is 17.1 Å². The fourth-order valence-electron chi connectivity index (χ4n) is 4.17. The van der Waals surface area contributed by atoms with Crippen molar-refractivity contribution < 1.29 is 22.3 Å². The molecule has 2 aliphatic rings. The lowest BCUT2D eigenvalue weighted by atomic mass is 10.0. The van der Waals surface area contributed by atoms with Gasteiger partial charge in [0.05, 0.1) is 21.9 Å². The average Bonchev–Trinajstić information content (AvgIpc) is 2.81. The first-order valence-corrected chi connectivity index (χ1v) is 10.9. The molecular weight excluding hydrogens is 474 g/mol. The average molecular weight is 492 g/mol. The highest BCUT2D eigenvalue weighted by atomic mass is 35.5. The predicted octanol–water partition coefficient (Wildman–Crippen LogP) is 5.00. The summed E-state index contributed by atoms with van der Waals surface area (Å²) in [5.41, 5.74) is 1.70. The first kappa shape index (κ1) is 22.6. The maximum Gasteiger partial charge on any atom is 0.416 e. The third kappa shape index (κ3) is 4.33. The summed E-state index contributed by atoms with van der Waals surface area (Å²) in [6.07, 6.45) is -3.94. The Balaban J connectivity index is 1.36. The van der Waals surface area contributed by atoms with Crippen LogP contribution in [0.15, 0.2) is 52.8 Å². The molecule has 5 nitrogen and oxygen atoms in total. The Morgan fingerprint density at radius 3 is 2.65 bits per heavy atom. The van der Waals surface area contributed by atoms with E-state index in [0.29, 0.717) is 59.2 Å². The lowest BCUT2D eigenvalue weighted by Gasteiger charge is -2.30. The van der Waals surface area contributed by atoms with Crippen molar-refractivity contribution in [1.82, 2.24) is 14.9 Å². The zero-order valence-corrected chi connectivity index (χ0v) is 18.4. The van der Waals surface area contributed by atoms with E-state index in [0.717, 1.165) is 17.7 Å². The Morgan fingerprint density at radius 1 is 1.15 bits per heavy atom. The quantitative estimate of drug-likeness (QED) is 0.524. The minimum atomic E-state index is -4.43. The van der Waals surface area contributed by atoms with E-state index < -0.39 is 17.6 Å². The number of H-pyrrole nitrogens is 1. The number of aromatic nitrogens is 2. The number of hydrogen-bond donors (Lipinski definition) is 1. The van der Waals surface area contributed by atoms with Crippen LogP contribution in [-0.4, -0.2) is 34.6 Å². The van der Waals surface area contributed by atoms with Crippen LogP contribution in [0, 0.1) is 5.82 Å². The lowest BCUT2D eigenvalue weighted by Crippen LogP contribution is -2.37. The molecule has 2 aromatic carbocycles. The molecule has 34 heavy (non-hydrogen) atoms. The molecule has 0 saturated carbocycles. The minimum absolute atomic E-state index is 0.232. The van der Waals surface area contributed by atoms with Crippen LogP contribution in [0.3, 0.4) is 0 Å². The fraction of sp³-hybridized carbons (Fsp3) is 0.250. The van der Waals surface area contributed by atoms with E-state index in [2.05, 4.69) is 9.97 Å². The van der Waals surface area contributed by atoms with Crippen LogP contribution in [-0.2, 0) is 19.1 Å². The lowest BCUT2D eigenvalue weighted by molar-refractivity contribution is -0.137. The highest BCUT2D eigenvalue weighted by Crippen LogP contribution is 2.36. The van der Waals surface area contributed by atoms with Crippen LogP contribution in [0.25, 0.3) is 16.4 Å². The zero-order chi connectivity index (χ0) is 24.0. The van der Waals surface area contributed by atoms with E-state index >= 15 is 0 Å². The van der Waals surface area contributed by atoms with Crippen molar-refractivity contribution >= 4 is 16.6 Å². The van der Waals surface area contributed by atoms with Gasteiger partial charge in [0.1, 0.15) is 24.0 Å². The fourth-order valence-corrected chi connectivity index (χ4v) is 4.43. The molecule has 0 atom stereocenters. The molecular formula is C24H18ClF4N3O2. The molecule has 10 heteroatoms. The Labute approximate surface area is 196 Å². The zero-order valence-electron chi connectivity index (χ0n) is 17.7. The third-order valence-corrected chi connectivity index (χ3v) is 6.41. The molecule has 3 heterocycles. The van der Waals surface area contributed by atoms with E-state index in [1.165, 1.54) is 24.3 Å². The van der Waals surface area contributed by atoms with Gasteiger partial charge in [-0.05, 0) is 30.3 Å². The molecule has 0 fully saturated rings. The minimum Gasteiger partial charge on any atom is -0.488 e. The molecule has 1 N–H and O–H groups in total.